The molecule has 0 saturated carbocycles. The van der Waals surface area contributed by atoms with Gasteiger partial charge in [-0.15, -0.1) is 0 Å². The SMILES string of the molecule is Cc1noc(C)c1C(=O)Nc1cc2c(C=Cc3ccc(F)cc3)n[nH]c2cc1F. The van der Waals surface area contributed by atoms with Crippen LogP contribution in [0.3, 0.4) is 0 Å². The predicted octanol–water partition coefficient (Wildman–Crippen LogP) is 4.87. The van der Waals surface area contributed by atoms with Crippen LogP contribution in [-0.4, -0.2) is 21.3 Å². The average molecular weight is 394 g/mol. The third kappa shape index (κ3) is 3.64. The van der Waals surface area contributed by atoms with Crippen LogP contribution in [0.1, 0.15) is 33.1 Å². The molecule has 0 aliphatic carbocycles. The fourth-order valence-corrected chi connectivity index (χ4v) is 3.02. The van der Waals surface area contributed by atoms with E-state index < -0.39 is 11.7 Å². The van der Waals surface area contributed by atoms with E-state index >= 15 is 0 Å². The molecule has 0 aliphatic rings. The van der Waals surface area contributed by atoms with Gasteiger partial charge in [0.1, 0.15) is 23.0 Å². The lowest BCUT2D eigenvalue weighted by Crippen LogP contribution is -2.14. The van der Waals surface area contributed by atoms with Crippen LogP contribution in [0.15, 0.2) is 40.9 Å². The lowest BCUT2D eigenvalue weighted by Gasteiger charge is -2.06. The van der Waals surface area contributed by atoms with Gasteiger partial charge in [-0.05, 0) is 43.7 Å². The molecular formula is C21H16F2N4O2. The molecule has 0 unspecified atom stereocenters. The zero-order valence-electron chi connectivity index (χ0n) is 15.6. The van der Waals surface area contributed by atoms with Crippen molar-refractivity contribution in [2.24, 2.45) is 0 Å². The topological polar surface area (TPSA) is 83.8 Å². The minimum atomic E-state index is -0.602. The quantitative estimate of drug-likeness (QED) is 0.517. The number of amides is 1. The molecule has 0 fully saturated rings. The van der Waals surface area contributed by atoms with Crippen LogP contribution in [-0.2, 0) is 0 Å². The third-order valence-electron chi connectivity index (χ3n) is 4.49. The number of hydrogen-bond acceptors (Lipinski definition) is 4. The van der Waals surface area contributed by atoms with Crippen molar-refractivity contribution in [2.75, 3.05) is 5.32 Å². The van der Waals surface area contributed by atoms with Crippen LogP contribution < -0.4 is 5.32 Å². The molecular weight excluding hydrogens is 378 g/mol. The van der Waals surface area contributed by atoms with E-state index in [0.717, 1.165) is 5.56 Å². The summed E-state index contributed by atoms with van der Waals surface area (Å²) in [5.41, 5.74) is 2.53. The lowest BCUT2D eigenvalue weighted by atomic mass is 10.1. The largest absolute Gasteiger partial charge is 0.361 e. The minimum absolute atomic E-state index is 0.0142. The Balaban J connectivity index is 1.66. The summed E-state index contributed by atoms with van der Waals surface area (Å²) in [6.45, 7) is 3.25. The molecule has 8 heteroatoms. The molecule has 146 valence electrons. The van der Waals surface area contributed by atoms with Crippen molar-refractivity contribution in [3.63, 3.8) is 0 Å². The van der Waals surface area contributed by atoms with Gasteiger partial charge in [0.15, 0.2) is 0 Å². The minimum Gasteiger partial charge on any atom is -0.361 e. The maximum Gasteiger partial charge on any atom is 0.261 e. The number of rotatable bonds is 4. The number of nitrogens with zero attached hydrogens (tertiary/aromatic N) is 2. The summed E-state index contributed by atoms with van der Waals surface area (Å²) >= 11 is 0. The van der Waals surface area contributed by atoms with Gasteiger partial charge in [-0.3, -0.25) is 9.89 Å². The van der Waals surface area contributed by atoms with Gasteiger partial charge in [0.25, 0.3) is 5.91 Å². The van der Waals surface area contributed by atoms with Gasteiger partial charge >= 0.3 is 0 Å². The third-order valence-corrected chi connectivity index (χ3v) is 4.49. The van der Waals surface area contributed by atoms with E-state index in [0.29, 0.717) is 28.1 Å². The Hall–Kier alpha value is -3.81. The van der Waals surface area contributed by atoms with Crippen molar-refractivity contribution >= 4 is 34.6 Å². The molecule has 4 aromatic rings. The first-order chi connectivity index (χ1) is 13.9. The second-order valence-electron chi connectivity index (χ2n) is 6.52. The molecule has 4 rings (SSSR count). The molecule has 0 radical (unpaired) electrons. The number of benzene rings is 2. The van der Waals surface area contributed by atoms with Crippen molar-refractivity contribution in [1.82, 2.24) is 15.4 Å². The van der Waals surface area contributed by atoms with Crippen LogP contribution in [0.2, 0.25) is 0 Å². The molecule has 1 amide bonds. The molecule has 2 aromatic carbocycles. The Morgan fingerprint density at radius 2 is 1.90 bits per heavy atom. The van der Waals surface area contributed by atoms with Gasteiger partial charge in [0, 0.05) is 11.5 Å². The molecule has 0 saturated heterocycles. The van der Waals surface area contributed by atoms with Crippen LogP contribution in [0.25, 0.3) is 23.1 Å². The Labute approximate surface area is 164 Å². The van der Waals surface area contributed by atoms with Crippen molar-refractivity contribution < 1.29 is 18.1 Å². The zero-order chi connectivity index (χ0) is 20.5. The van der Waals surface area contributed by atoms with Gasteiger partial charge in [0.2, 0.25) is 0 Å². The van der Waals surface area contributed by atoms with E-state index in [9.17, 15) is 13.6 Å². The van der Waals surface area contributed by atoms with Crippen LogP contribution in [0.5, 0.6) is 0 Å². The fourth-order valence-electron chi connectivity index (χ4n) is 3.02. The van der Waals surface area contributed by atoms with Crippen LogP contribution in [0.4, 0.5) is 14.5 Å². The summed E-state index contributed by atoms with van der Waals surface area (Å²) in [7, 11) is 0. The number of H-pyrrole nitrogens is 1. The first kappa shape index (κ1) is 18.5. The molecule has 0 atom stereocenters. The van der Waals surface area contributed by atoms with Gasteiger partial charge in [-0.2, -0.15) is 5.10 Å². The lowest BCUT2D eigenvalue weighted by molar-refractivity contribution is 0.102. The van der Waals surface area contributed by atoms with Gasteiger partial charge < -0.3 is 9.84 Å². The summed E-state index contributed by atoms with van der Waals surface area (Å²) in [6, 6.07) is 8.76. The van der Waals surface area contributed by atoms with Gasteiger partial charge in [-0.1, -0.05) is 23.4 Å². The number of nitrogens with one attached hydrogen (secondary N) is 2. The highest BCUT2D eigenvalue weighted by molar-refractivity contribution is 6.06. The number of aryl methyl sites for hydroxylation is 2. The monoisotopic (exact) mass is 394 g/mol. The standard InChI is InChI=1S/C21H16F2N4O2/c1-11-20(12(2)29-27-11)21(28)24-19-9-15-17(25-26-18(15)10-16(19)23)8-5-13-3-6-14(22)7-4-13/h3-10H,1-2H3,(H,24,28)(H,25,26). The normalized spacial score (nSPS) is 11.4. The Bertz CT molecular complexity index is 1220. The van der Waals surface area contributed by atoms with Crippen molar-refractivity contribution in [1.29, 1.82) is 0 Å². The number of aromatic amines is 1. The molecule has 2 N–H and O–H groups in total. The number of fused-ring (bicyclic) bond motifs is 1. The predicted molar refractivity (Wildman–Crippen MR) is 105 cm³/mol. The van der Waals surface area contributed by atoms with Gasteiger partial charge in [0.05, 0.1) is 22.6 Å². The molecule has 0 aliphatic heterocycles. The van der Waals surface area contributed by atoms with E-state index in [2.05, 4.69) is 20.7 Å². The Morgan fingerprint density at radius 1 is 1.14 bits per heavy atom. The Kier molecular flexibility index (Phi) is 4.67. The summed E-state index contributed by atoms with van der Waals surface area (Å²) < 4.78 is 32.5. The molecule has 6 nitrogen and oxygen atoms in total. The van der Waals surface area contributed by atoms with E-state index in [1.54, 1.807) is 38.1 Å². The van der Waals surface area contributed by atoms with Crippen molar-refractivity contribution in [3.05, 3.63) is 76.3 Å². The molecule has 0 bridgehead atoms. The maximum absolute atomic E-state index is 14.5. The molecule has 29 heavy (non-hydrogen) atoms. The summed E-state index contributed by atoms with van der Waals surface area (Å²) in [5.74, 6) is -1.07. The summed E-state index contributed by atoms with van der Waals surface area (Å²) in [6.07, 6.45) is 3.49. The maximum atomic E-state index is 14.5. The first-order valence-electron chi connectivity index (χ1n) is 8.78. The van der Waals surface area contributed by atoms with E-state index in [-0.39, 0.29) is 17.1 Å². The Morgan fingerprint density at radius 3 is 2.59 bits per heavy atom. The molecule has 2 heterocycles. The first-order valence-corrected chi connectivity index (χ1v) is 8.78. The highest BCUT2D eigenvalue weighted by Crippen LogP contribution is 2.26. The van der Waals surface area contributed by atoms with Crippen molar-refractivity contribution in [2.45, 2.75) is 13.8 Å². The van der Waals surface area contributed by atoms with E-state index in [1.165, 1.54) is 24.3 Å². The van der Waals surface area contributed by atoms with Crippen LogP contribution >= 0.6 is 0 Å². The summed E-state index contributed by atoms with van der Waals surface area (Å²) in [4.78, 5) is 12.5. The fraction of sp³-hybridized carbons (Fsp3) is 0.0952. The number of aromatic nitrogens is 3. The molecule has 2 aromatic heterocycles. The second-order valence-corrected chi connectivity index (χ2v) is 6.52. The second kappa shape index (κ2) is 7.31. The number of carbonyl (C=O) groups is 1. The number of anilines is 1. The number of carbonyl (C=O) groups excluding carboxylic acids is 1. The average Bonchev–Trinajstić information content (AvgIpc) is 3.24. The van der Waals surface area contributed by atoms with Crippen molar-refractivity contribution in [3.8, 4) is 0 Å². The van der Waals surface area contributed by atoms with E-state index in [4.69, 9.17) is 4.52 Å². The van der Waals surface area contributed by atoms with Gasteiger partial charge in [-0.25, -0.2) is 8.78 Å². The molecule has 0 spiro atoms. The summed E-state index contributed by atoms with van der Waals surface area (Å²) in [5, 5.41) is 13.9. The number of hydrogen-bond donors (Lipinski definition) is 2. The van der Waals surface area contributed by atoms with E-state index in [1.807, 2.05) is 0 Å². The number of halogens is 2. The zero-order valence-corrected chi connectivity index (χ0v) is 15.6. The highest BCUT2D eigenvalue weighted by atomic mass is 19.1. The smallest absolute Gasteiger partial charge is 0.261 e. The van der Waals surface area contributed by atoms with Crippen LogP contribution in [0, 0.1) is 25.5 Å². The highest BCUT2D eigenvalue weighted by Gasteiger charge is 2.19.